The SMILES string of the molecule is Cn1nc(Br)cc1N(C(=O)O)C(C)(C)C. The summed E-state index contributed by atoms with van der Waals surface area (Å²) < 4.78 is 2.15. The predicted molar refractivity (Wildman–Crippen MR) is 61.2 cm³/mol. The van der Waals surface area contributed by atoms with Gasteiger partial charge in [-0.25, -0.2) is 4.79 Å². The average molecular weight is 276 g/mol. The summed E-state index contributed by atoms with van der Waals surface area (Å²) in [5, 5.41) is 13.2. The van der Waals surface area contributed by atoms with Crippen molar-refractivity contribution in [2.24, 2.45) is 7.05 Å². The van der Waals surface area contributed by atoms with E-state index in [0.29, 0.717) is 10.4 Å². The minimum Gasteiger partial charge on any atom is -0.465 e. The van der Waals surface area contributed by atoms with Crippen LogP contribution in [0, 0.1) is 0 Å². The molecule has 0 atom stereocenters. The van der Waals surface area contributed by atoms with Gasteiger partial charge < -0.3 is 5.11 Å². The molecule has 0 aliphatic carbocycles. The van der Waals surface area contributed by atoms with Crippen molar-refractivity contribution in [1.82, 2.24) is 9.78 Å². The largest absolute Gasteiger partial charge is 0.465 e. The molecule has 0 spiro atoms. The van der Waals surface area contributed by atoms with Crippen molar-refractivity contribution in [2.75, 3.05) is 4.90 Å². The number of carbonyl (C=O) groups is 1. The van der Waals surface area contributed by atoms with Crippen molar-refractivity contribution < 1.29 is 9.90 Å². The molecule has 1 aromatic rings. The molecule has 0 saturated heterocycles. The van der Waals surface area contributed by atoms with E-state index in [1.54, 1.807) is 13.1 Å². The third-order valence-corrected chi connectivity index (χ3v) is 2.30. The molecule has 0 saturated carbocycles. The predicted octanol–water partition coefficient (Wildman–Crippen LogP) is 2.47. The van der Waals surface area contributed by atoms with Gasteiger partial charge in [0.25, 0.3) is 0 Å². The lowest BCUT2D eigenvalue weighted by Crippen LogP contribution is -2.46. The second-order valence-electron chi connectivity index (χ2n) is 4.24. The molecule has 15 heavy (non-hydrogen) atoms. The molecule has 0 aliphatic rings. The van der Waals surface area contributed by atoms with Crippen LogP contribution in [0.5, 0.6) is 0 Å². The molecule has 1 heterocycles. The van der Waals surface area contributed by atoms with Crippen molar-refractivity contribution in [2.45, 2.75) is 26.3 Å². The van der Waals surface area contributed by atoms with E-state index in [4.69, 9.17) is 5.11 Å². The van der Waals surface area contributed by atoms with Gasteiger partial charge in [-0.15, -0.1) is 0 Å². The van der Waals surface area contributed by atoms with Crippen LogP contribution >= 0.6 is 15.9 Å². The zero-order valence-corrected chi connectivity index (χ0v) is 10.7. The number of aryl methyl sites for hydroxylation is 1. The molecule has 0 bridgehead atoms. The van der Waals surface area contributed by atoms with Gasteiger partial charge in [-0.05, 0) is 36.7 Å². The molecule has 0 radical (unpaired) electrons. The molecule has 6 heteroatoms. The Morgan fingerprint density at radius 1 is 1.60 bits per heavy atom. The number of hydrogen-bond acceptors (Lipinski definition) is 2. The fourth-order valence-corrected chi connectivity index (χ4v) is 1.80. The van der Waals surface area contributed by atoms with Gasteiger partial charge in [0, 0.05) is 18.7 Å². The van der Waals surface area contributed by atoms with Gasteiger partial charge in [-0.2, -0.15) is 5.10 Å². The maximum Gasteiger partial charge on any atom is 0.413 e. The molecule has 1 rings (SSSR count). The summed E-state index contributed by atoms with van der Waals surface area (Å²) in [5.74, 6) is 0.543. The maximum atomic E-state index is 11.2. The van der Waals surface area contributed by atoms with Crippen molar-refractivity contribution in [1.29, 1.82) is 0 Å². The van der Waals surface area contributed by atoms with Crippen molar-refractivity contribution in [3.63, 3.8) is 0 Å². The van der Waals surface area contributed by atoms with Gasteiger partial charge >= 0.3 is 6.09 Å². The molecule has 1 amide bonds. The molecule has 0 fully saturated rings. The lowest BCUT2D eigenvalue weighted by molar-refractivity contribution is 0.195. The van der Waals surface area contributed by atoms with E-state index >= 15 is 0 Å². The Labute approximate surface area is 96.8 Å². The van der Waals surface area contributed by atoms with Gasteiger partial charge in [-0.1, -0.05) is 0 Å². The Bertz CT molecular complexity index is 381. The van der Waals surface area contributed by atoms with Crippen LogP contribution in [0.3, 0.4) is 0 Å². The first kappa shape index (κ1) is 12.0. The third-order valence-electron chi connectivity index (χ3n) is 1.92. The second kappa shape index (κ2) is 3.84. The molecule has 1 N–H and O–H groups in total. The quantitative estimate of drug-likeness (QED) is 0.857. The summed E-state index contributed by atoms with van der Waals surface area (Å²) in [7, 11) is 1.71. The van der Waals surface area contributed by atoms with Crippen molar-refractivity contribution >= 4 is 27.8 Å². The van der Waals surface area contributed by atoms with E-state index in [-0.39, 0.29) is 0 Å². The van der Waals surface area contributed by atoms with Crippen LogP contribution in [-0.2, 0) is 7.05 Å². The summed E-state index contributed by atoms with van der Waals surface area (Å²) >= 11 is 3.22. The zero-order valence-electron chi connectivity index (χ0n) is 9.15. The Balaban J connectivity index is 3.22. The van der Waals surface area contributed by atoms with E-state index in [1.807, 2.05) is 20.8 Å². The fourth-order valence-electron chi connectivity index (χ4n) is 1.36. The molecule has 1 aromatic heterocycles. The fraction of sp³-hybridized carbons (Fsp3) is 0.556. The number of nitrogens with zero attached hydrogens (tertiary/aromatic N) is 3. The van der Waals surface area contributed by atoms with Crippen molar-refractivity contribution in [3.05, 3.63) is 10.7 Å². The highest BCUT2D eigenvalue weighted by molar-refractivity contribution is 9.10. The lowest BCUT2D eigenvalue weighted by Gasteiger charge is -2.32. The van der Waals surface area contributed by atoms with Crippen LogP contribution in [0.1, 0.15) is 20.8 Å². The Morgan fingerprint density at radius 2 is 2.13 bits per heavy atom. The van der Waals surface area contributed by atoms with Gasteiger partial charge in [-0.3, -0.25) is 9.58 Å². The minimum atomic E-state index is -0.988. The van der Waals surface area contributed by atoms with Gasteiger partial charge in [0.15, 0.2) is 0 Å². The van der Waals surface area contributed by atoms with Gasteiger partial charge in [0.05, 0.1) is 0 Å². The molecular weight excluding hydrogens is 262 g/mol. The van der Waals surface area contributed by atoms with Crippen LogP contribution in [0.25, 0.3) is 0 Å². The van der Waals surface area contributed by atoms with E-state index in [1.165, 1.54) is 9.58 Å². The highest BCUT2D eigenvalue weighted by Gasteiger charge is 2.30. The number of aromatic nitrogens is 2. The topological polar surface area (TPSA) is 58.4 Å². The van der Waals surface area contributed by atoms with Gasteiger partial charge in [0.2, 0.25) is 0 Å². The second-order valence-corrected chi connectivity index (χ2v) is 5.05. The number of anilines is 1. The monoisotopic (exact) mass is 275 g/mol. The summed E-state index contributed by atoms with van der Waals surface area (Å²) in [4.78, 5) is 12.5. The molecule has 0 unspecified atom stereocenters. The van der Waals surface area contributed by atoms with Crippen molar-refractivity contribution in [3.8, 4) is 0 Å². The normalized spacial score (nSPS) is 11.5. The number of carboxylic acid groups (broad SMARTS) is 1. The molecule has 5 nitrogen and oxygen atoms in total. The average Bonchev–Trinajstić information content (AvgIpc) is 2.26. The number of halogens is 1. The molecule has 0 aromatic carbocycles. The Morgan fingerprint density at radius 3 is 2.40 bits per heavy atom. The Hall–Kier alpha value is -1.04. The third kappa shape index (κ3) is 2.50. The van der Waals surface area contributed by atoms with Crippen LogP contribution < -0.4 is 4.90 Å². The number of hydrogen-bond donors (Lipinski definition) is 1. The highest BCUT2D eigenvalue weighted by atomic mass is 79.9. The first-order chi connectivity index (χ1) is 6.73. The summed E-state index contributed by atoms with van der Waals surface area (Å²) in [5.41, 5.74) is -0.501. The zero-order chi connectivity index (χ0) is 11.8. The smallest absolute Gasteiger partial charge is 0.413 e. The number of rotatable bonds is 1. The van der Waals surface area contributed by atoms with E-state index in [2.05, 4.69) is 21.0 Å². The van der Waals surface area contributed by atoms with Crippen LogP contribution in [0.15, 0.2) is 10.7 Å². The van der Waals surface area contributed by atoms with Crippen LogP contribution in [-0.4, -0.2) is 26.5 Å². The van der Waals surface area contributed by atoms with Gasteiger partial charge in [0.1, 0.15) is 10.4 Å². The summed E-state index contributed by atoms with van der Waals surface area (Å²) in [6, 6.07) is 1.68. The standard InChI is InChI=1S/C9H14BrN3O2/c1-9(2,3)13(8(14)15)7-5-6(10)11-12(7)4/h5H,1-4H3,(H,14,15). The molecular formula is C9H14BrN3O2. The summed E-state index contributed by atoms with van der Waals surface area (Å²) in [6.45, 7) is 5.51. The molecule has 84 valence electrons. The Kier molecular flexibility index (Phi) is 3.08. The van der Waals surface area contributed by atoms with Crippen LogP contribution in [0.4, 0.5) is 10.6 Å². The lowest BCUT2D eigenvalue weighted by atomic mass is 10.1. The first-order valence-corrected chi connectivity index (χ1v) is 5.25. The summed E-state index contributed by atoms with van der Waals surface area (Å²) in [6.07, 6.45) is -0.988. The highest BCUT2D eigenvalue weighted by Crippen LogP contribution is 2.25. The molecule has 0 aliphatic heterocycles. The number of amides is 1. The first-order valence-electron chi connectivity index (χ1n) is 4.46. The van der Waals surface area contributed by atoms with E-state index in [9.17, 15) is 4.79 Å². The van der Waals surface area contributed by atoms with E-state index in [0.717, 1.165) is 0 Å². The maximum absolute atomic E-state index is 11.2. The van der Waals surface area contributed by atoms with E-state index < -0.39 is 11.6 Å². The minimum absolute atomic E-state index is 0.501. The van der Waals surface area contributed by atoms with Crippen LogP contribution in [0.2, 0.25) is 0 Å².